The minimum Gasteiger partial charge on any atom is -0.395 e. The predicted molar refractivity (Wildman–Crippen MR) is 50.9 cm³/mol. The van der Waals surface area contributed by atoms with E-state index < -0.39 is 0 Å². The minimum atomic E-state index is -0.0243. The van der Waals surface area contributed by atoms with Crippen molar-refractivity contribution in [3.63, 3.8) is 0 Å². The van der Waals surface area contributed by atoms with Gasteiger partial charge in [-0.15, -0.1) is 0 Å². The normalized spacial score (nSPS) is 12.8. The summed E-state index contributed by atoms with van der Waals surface area (Å²) < 4.78 is 0. The van der Waals surface area contributed by atoms with Gasteiger partial charge in [0.1, 0.15) is 0 Å². The van der Waals surface area contributed by atoms with Gasteiger partial charge in [-0.3, -0.25) is 4.84 Å². The van der Waals surface area contributed by atoms with E-state index in [1.165, 1.54) is 0 Å². The van der Waals surface area contributed by atoms with E-state index in [1.807, 2.05) is 37.3 Å². The number of hydrogen-bond acceptors (Lipinski definition) is 3. The van der Waals surface area contributed by atoms with Crippen LogP contribution < -0.4 is 5.48 Å². The summed E-state index contributed by atoms with van der Waals surface area (Å²) in [5.41, 5.74) is 3.84. The van der Waals surface area contributed by atoms with Gasteiger partial charge in [-0.05, 0) is 12.5 Å². The molecule has 3 nitrogen and oxygen atoms in total. The number of rotatable bonds is 5. The molecule has 3 heteroatoms. The highest BCUT2D eigenvalue weighted by Gasteiger charge is 1.97. The third kappa shape index (κ3) is 4.03. The molecule has 1 atom stereocenters. The van der Waals surface area contributed by atoms with Crippen LogP contribution in [0, 0.1) is 0 Å². The molecule has 1 unspecified atom stereocenters. The lowest BCUT2D eigenvalue weighted by atomic mass is 10.2. The van der Waals surface area contributed by atoms with Crippen molar-refractivity contribution in [2.45, 2.75) is 19.6 Å². The molecule has 13 heavy (non-hydrogen) atoms. The van der Waals surface area contributed by atoms with Gasteiger partial charge in [-0.2, -0.15) is 5.48 Å². The molecule has 2 N–H and O–H groups in total. The van der Waals surface area contributed by atoms with Crippen LogP contribution in [0.4, 0.5) is 0 Å². The van der Waals surface area contributed by atoms with Gasteiger partial charge in [0, 0.05) is 0 Å². The monoisotopic (exact) mass is 181 g/mol. The molecule has 0 spiro atoms. The lowest BCUT2D eigenvalue weighted by Crippen LogP contribution is -2.29. The van der Waals surface area contributed by atoms with Crippen LogP contribution in [-0.2, 0) is 11.4 Å². The molecule has 0 saturated carbocycles. The van der Waals surface area contributed by atoms with Crippen LogP contribution in [0.1, 0.15) is 12.5 Å². The van der Waals surface area contributed by atoms with Crippen molar-refractivity contribution >= 4 is 0 Å². The Balaban J connectivity index is 2.20. The van der Waals surface area contributed by atoms with E-state index >= 15 is 0 Å². The molecule has 0 fully saturated rings. The molecule has 0 aliphatic carbocycles. The minimum absolute atomic E-state index is 0.0243. The molecule has 0 aliphatic heterocycles. The van der Waals surface area contributed by atoms with Crippen LogP contribution in [0.25, 0.3) is 0 Å². The van der Waals surface area contributed by atoms with Gasteiger partial charge >= 0.3 is 0 Å². The quantitative estimate of drug-likeness (QED) is 0.668. The van der Waals surface area contributed by atoms with Crippen molar-refractivity contribution in [3.8, 4) is 0 Å². The van der Waals surface area contributed by atoms with Crippen LogP contribution in [0.2, 0.25) is 0 Å². The van der Waals surface area contributed by atoms with Crippen molar-refractivity contribution in [2.24, 2.45) is 0 Å². The van der Waals surface area contributed by atoms with Gasteiger partial charge in [0.25, 0.3) is 0 Å². The number of hydrogen-bond donors (Lipinski definition) is 2. The standard InChI is InChI=1S/C10H15NO2/c1-9(7-12)11-13-8-10-5-3-2-4-6-10/h2-6,9,11-12H,7-8H2,1H3. The lowest BCUT2D eigenvalue weighted by Gasteiger charge is -2.10. The van der Waals surface area contributed by atoms with E-state index in [0.717, 1.165) is 5.56 Å². The van der Waals surface area contributed by atoms with Crippen molar-refractivity contribution in [2.75, 3.05) is 6.61 Å². The molecular formula is C10H15NO2. The van der Waals surface area contributed by atoms with E-state index in [9.17, 15) is 0 Å². The molecule has 0 aliphatic rings. The summed E-state index contributed by atoms with van der Waals surface area (Å²) in [6.45, 7) is 2.45. The average Bonchev–Trinajstić information content (AvgIpc) is 2.19. The molecule has 1 aromatic rings. The SMILES string of the molecule is CC(CO)NOCc1ccccc1. The summed E-state index contributed by atoms with van der Waals surface area (Å²) in [6.07, 6.45) is 0. The molecule has 0 bridgehead atoms. The van der Waals surface area contributed by atoms with Gasteiger partial charge in [0.05, 0.1) is 19.3 Å². The fourth-order valence-electron chi connectivity index (χ4n) is 0.879. The first-order chi connectivity index (χ1) is 6.33. The summed E-state index contributed by atoms with van der Waals surface area (Å²) in [5, 5.41) is 8.69. The summed E-state index contributed by atoms with van der Waals surface area (Å²) >= 11 is 0. The maximum absolute atomic E-state index is 8.69. The highest BCUT2D eigenvalue weighted by molar-refractivity contribution is 5.13. The zero-order valence-corrected chi connectivity index (χ0v) is 7.73. The Kier molecular flexibility index (Phi) is 4.46. The first kappa shape index (κ1) is 10.2. The number of aliphatic hydroxyl groups excluding tert-OH is 1. The highest BCUT2D eigenvalue weighted by Crippen LogP contribution is 1.99. The second kappa shape index (κ2) is 5.70. The van der Waals surface area contributed by atoms with Crippen molar-refractivity contribution < 1.29 is 9.94 Å². The Labute approximate surface area is 78.3 Å². The fourth-order valence-corrected chi connectivity index (χ4v) is 0.879. The summed E-state index contributed by atoms with van der Waals surface area (Å²) in [6, 6.07) is 9.86. The third-order valence-electron chi connectivity index (χ3n) is 1.64. The maximum atomic E-state index is 8.69. The van der Waals surface area contributed by atoms with E-state index in [4.69, 9.17) is 9.94 Å². The molecule has 0 radical (unpaired) electrons. The van der Waals surface area contributed by atoms with E-state index in [1.54, 1.807) is 0 Å². The Hall–Kier alpha value is -0.900. The second-order valence-corrected chi connectivity index (χ2v) is 2.98. The summed E-state index contributed by atoms with van der Waals surface area (Å²) in [7, 11) is 0. The van der Waals surface area contributed by atoms with Gasteiger partial charge < -0.3 is 5.11 Å². The average molecular weight is 181 g/mol. The van der Waals surface area contributed by atoms with Crippen LogP contribution in [0.5, 0.6) is 0 Å². The van der Waals surface area contributed by atoms with Crippen molar-refractivity contribution in [1.82, 2.24) is 5.48 Å². The van der Waals surface area contributed by atoms with Gasteiger partial charge in [0.2, 0.25) is 0 Å². The highest BCUT2D eigenvalue weighted by atomic mass is 16.6. The molecule has 72 valence electrons. The molecular weight excluding hydrogens is 166 g/mol. The Morgan fingerprint density at radius 2 is 2.08 bits per heavy atom. The third-order valence-corrected chi connectivity index (χ3v) is 1.64. The van der Waals surface area contributed by atoms with Gasteiger partial charge in [0.15, 0.2) is 0 Å². The molecule has 0 amide bonds. The number of aliphatic hydroxyl groups is 1. The Morgan fingerprint density at radius 1 is 1.38 bits per heavy atom. The zero-order chi connectivity index (χ0) is 9.52. The van der Waals surface area contributed by atoms with Crippen LogP contribution in [-0.4, -0.2) is 17.8 Å². The topological polar surface area (TPSA) is 41.5 Å². The second-order valence-electron chi connectivity index (χ2n) is 2.98. The first-order valence-corrected chi connectivity index (χ1v) is 4.35. The lowest BCUT2D eigenvalue weighted by molar-refractivity contribution is -0.00482. The van der Waals surface area contributed by atoms with Gasteiger partial charge in [-0.25, -0.2) is 0 Å². The largest absolute Gasteiger partial charge is 0.395 e. The Morgan fingerprint density at radius 3 is 2.69 bits per heavy atom. The summed E-state index contributed by atoms with van der Waals surface area (Å²) in [5.74, 6) is 0. The molecule has 0 heterocycles. The number of benzene rings is 1. The predicted octanol–water partition coefficient (Wildman–Crippen LogP) is 1.09. The van der Waals surface area contributed by atoms with E-state index in [2.05, 4.69) is 5.48 Å². The molecule has 0 aromatic heterocycles. The number of hydroxylamine groups is 1. The van der Waals surface area contributed by atoms with Crippen LogP contribution in [0.3, 0.4) is 0 Å². The van der Waals surface area contributed by atoms with Crippen LogP contribution in [0.15, 0.2) is 30.3 Å². The van der Waals surface area contributed by atoms with E-state index in [0.29, 0.717) is 6.61 Å². The number of nitrogens with one attached hydrogen (secondary N) is 1. The van der Waals surface area contributed by atoms with Crippen molar-refractivity contribution in [3.05, 3.63) is 35.9 Å². The zero-order valence-electron chi connectivity index (χ0n) is 7.73. The molecule has 0 saturated heterocycles. The first-order valence-electron chi connectivity index (χ1n) is 4.35. The van der Waals surface area contributed by atoms with Crippen molar-refractivity contribution in [1.29, 1.82) is 0 Å². The van der Waals surface area contributed by atoms with Gasteiger partial charge in [-0.1, -0.05) is 30.3 Å². The Bertz CT molecular complexity index is 226. The molecule has 1 rings (SSSR count). The smallest absolute Gasteiger partial charge is 0.0933 e. The summed E-state index contributed by atoms with van der Waals surface area (Å²) in [4.78, 5) is 5.16. The maximum Gasteiger partial charge on any atom is 0.0933 e. The fraction of sp³-hybridized carbons (Fsp3) is 0.400. The molecule has 1 aromatic carbocycles. The van der Waals surface area contributed by atoms with E-state index in [-0.39, 0.29) is 12.6 Å². The van der Waals surface area contributed by atoms with Crippen LogP contribution >= 0.6 is 0 Å².